The van der Waals surface area contributed by atoms with Crippen LogP contribution in [-0.4, -0.2) is 15.8 Å². The third kappa shape index (κ3) is 2.83. The molecule has 0 spiro atoms. The predicted octanol–water partition coefficient (Wildman–Crippen LogP) is 1.82. The maximum atomic E-state index is 12.0. The largest absolute Gasteiger partial charge is 0.399 e. The summed E-state index contributed by atoms with van der Waals surface area (Å²) >= 11 is 0. The van der Waals surface area contributed by atoms with Crippen LogP contribution in [0.1, 0.15) is 10.4 Å². The number of carbonyl (C=O) groups is 1. The van der Waals surface area contributed by atoms with E-state index < -0.39 is 10.8 Å². The van der Waals surface area contributed by atoms with E-state index in [0.29, 0.717) is 5.69 Å². The molecule has 0 bridgehead atoms. The Morgan fingerprint density at radius 3 is 2.79 bits per heavy atom. The van der Waals surface area contributed by atoms with Crippen LogP contribution in [0, 0.1) is 10.1 Å². The van der Waals surface area contributed by atoms with E-state index >= 15 is 0 Å². The zero-order chi connectivity index (χ0) is 13.8. The Morgan fingerprint density at radius 1 is 1.37 bits per heavy atom. The third-order valence-electron chi connectivity index (χ3n) is 2.38. The van der Waals surface area contributed by atoms with Crippen LogP contribution in [0.25, 0.3) is 0 Å². The number of pyridine rings is 1. The monoisotopic (exact) mass is 258 g/mol. The molecule has 3 N–H and O–H groups in total. The highest BCUT2D eigenvalue weighted by Gasteiger charge is 2.20. The highest BCUT2D eigenvalue weighted by Crippen LogP contribution is 2.22. The first-order chi connectivity index (χ1) is 9.08. The average molecular weight is 258 g/mol. The van der Waals surface area contributed by atoms with E-state index in [-0.39, 0.29) is 16.9 Å². The maximum Gasteiger partial charge on any atom is 0.284 e. The minimum absolute atomic E-state index is 0.0527. The topological polar surface area (TPSA) is 111 Å². The molecular formula is C12H10N4O3. The predicted molar refractivity (Wildman–Crippen MR) is 69.7 cm³/mol. The van der Waals surface area contributed by atoms with Crippen molar-refractivity contribution in [3.05, 3.63) is 58.4 Å². The van der Waals surface area contributed by atoms with Crippen LogP contribution in [0.3, 0.4) is 0 Å². The lowest BCUT2D eigenvalue weighted by atomic mass is 10.1. The first-order valence-electron chi connectivity index (χ1n) is 5.33. The number of nitrogens with one attached hydrogen (secondary N) is 1. The normalized spacial score (nSPS) is 9.89. The molecule has 1 heterocycles. The summed E-state index contributed by atoms with van der Waals surface area (Å²) in [5.74, 6) is -0.584. The molecule has 0 atom stereocenters. The molecule has 0 unspecified atom stereocenters. The number of benzene rings is 1. The molecule has 0 aliphatic rings. The van der Waals surface area contributed by atoms with Gasteiger partial charge in [-0.25, -0.2) is 0 Å². The molecule has 19 heavy (non-hydrogen) atoms. The van der Waals surface area contributed by atoms with Crippen molar-refractivity contribution in [2.45, 2.75) is 0 Å². The Bertz CT molecular complexity index is 628. The molecule has 0 saturated carbocycles. The van der Waals surface area contributed by atoms with Crippen LogP contribution in [0.4, 0.5) is 17.1 Å². The van der Waals surface area contributed by atoms with Crippen LogP contribution < -0.4 is 11.1 Å². The number of nitrogen functional groups attached to an aromatic ring is 1. The number of anilines is 2. The second-order valence-corrected chi connectivity index (χ2v) is 3.73. The minimum Gasteiger partial charge on any atom is -0.399 e. The van der Waals surface area contributed by atoms with Gasteiger partial charge in [0.2, 0.25) is 0 Å². The van der Waals surface area contributed by atoms with Gasteiger partial charge in [-0.05, 0) is 24.3 Å². The molecule has 1 aromatic carbocycles. The van der Waals surface area contributed by atoms with Crippen molar-refractivity contribution < 1.29 is 9.72 Å². The van der Waals surface area contributed by atoms with E-state index in [1.54, 1.807) is 18.3 Å². The summed E-state index contributed by atoms with van der Waals surface area (Å²) in [6.45, 7) is 0. The van der Waals surface area contributed by atoms with Crippen LogP contribution in [0.2, 0.25) is 0 Å². The van der Waals surface area contributed by atoms with Gasteiger partial charge < -0.3 is 11.1 Å². The standard InChI is InChI=1S/C12H10N4O3/c13-8-3-4-10(11(6-8)16(18)19)12(17)15-9-2-1-5-14-7-9/h1-7H,13H2,(H,15,17). The van der Waals surface area contributed by atoms with Crippen molar-refractivity contribution in [1.29, 1.82) is 0 Å². The maximum absolute atomic E-state index is 12.0. The first-order valence-corrected chi connectivity index (χ1v) is 5.33. The Kier molecular flexibility index (Phi) is 3.37. The van der Waals surface area contributed by atoms with Crippen molar-refractivity contribution in [2.24, 2.45) is 0 Å². The fraction of sp³-hybridized carbons (Fsp3) is 0. The Labute approximate surface area is 108 Å². The van der Waals surface area contributed by atoms with Crippen LogP contribution in [0.5, 0.6) is 0 Å². The zero-order valence-corrected chi connectivity index (χ0v) is 9.74. The molecule has 0 saturated heterocycles. The van der Waals surface area contributed by atoms with Crippen LogP contribution in [-0.2, 0) is 0 Å². The van der Waals surface area contributed by atoms with Gasteiger partial charge in [-0.15, -0.1) is 0 Å². The van der Waals surface area contributed by atoms with Crippen molar-refractivity contribution in [3.63, 3.8) is 0 Å². The number of carbonyl (C=O) groups excluding carboxylic acids is 1. The summed E-state index contributed by atoms with van der Waals surface area (Å²) < 4.78 is 0. The number of nitro benzene ring substituents is 1. The van der Waals surface area contributed by atoms with E-state index in [2.05, 4.69) is 10.3 Å². The molecule has 0 aliphatic carbocycles. The Balaban J connectivity index is 2.31. The molecule has 0 aliphatic heterocycles. The highest BCUT2D eigenvalue weighted by molar-refractivity contribution is 6.07. The summed E-state index contributed by atoms with van der Waals surface area (Å²) in [4.78, 5) is 26.0. The quantitative estimate of drug-likeness (QED) is 0.495. The number of nitrogens with zero attached hydrogens (tertiary/aromatic N) is 2. The number of hydrogen-bond acceptors (Lipinski definition) is 5. The smallest absolute Gasteiger partial charge is 0.284 e. The minimum atomic E-state index is -0.644. The van der Waals surface area contributed by atoms with Crippen molar-refractivity contribution in [2.75, 3.05) is 11.1 Å². The number of hydrogen-bond donors (Lipinski definition) is 2. The summed E-state index contributed by atoms with van der Waals surface area (Å²) in [5, 5.41) is 13.4. The van der Waals surface area contributed by atoms with Gasteiger partial charge in [0.05, 0.1) is 16.8 Å². The lowest BCUT2D eigenvalue weighted by Gasteiger charge is -2.05. The molecule has 2 aromatic rings. The lowest BCUT2D eigenvalue weighted by Crippen LogP contribution is -2.14. The van der Waals surface area contributed by atoms with Gasteiger partial charge in [0.1, 0.15) is 5.56 Å². The van der Waals surface area contributed by atoms with Gasteiger partial charge >= 0.3 is 0 Å². The number of rotatable bonds is 3. The van der Waals surface area contributed by atoms with Gasteiger partial charge in [0.15, 0.2) is 0 Å². The molecule has 7 heteroatoms. The average Bonchev–Trinajstić information content (AvgIpc) is 2.39. The first kappa shape index (κ1) is 12.5. The van der Waals surface area contributed by atoms with Gasteiger partial charge in [0.25, 0.3) is 11.6 Å². The summed E-state index contributed by atoms with van der Waals surface area (Å²) in [6.07, 6.45) is 3.00. The summed E-state index contributed by atoms with van der Waals surface area (Å²) in [6, 6.07) is 7.18. The number of amides is 1. The number of nitro groups is 1. The molecule has 7 nitrogen and oxygen atoms in total. The fourth-order valence-electron chi connectivity index (χ4n) is 1.53. The van der Waals surface area contributed by atoms with Crippen LogP contribution in [0.15, 0.2) is 42.7 Å². The van der Waals surface area contributed by atoms with Gasteiger partial charge in [-0.3, -0.25) is 19.9 Å². The molecule has 96 valence electrons. The molecule has 0 fully saturated rings. The second-order valence-electron chi connectivity index (χ2n) is 3.73. The summed E-state index contributed by atoms with van der Waals surface area (Å²) in [7, 11) is 0. The molecular weight excluding hydrogens is 248 g/mol. The fourth-order valence-corrected chi connectivity index (χ4v) is 1.53. The van der Waals surface area contributed by atoms with Crippen molar-refractivity contribution in [3.8, 4) is 0 Å². The van der Waals surface area contributed by atoms with Crippen LogP contribution >= 0.6 is 0 Å². The van der Waals surface area contributed by atoms with E-state index in [4.69, 9.17) is 5.73 Å². The van der Waals surface area contributed by atoms with Gasteiger partial charge in [-0.2, -0.15) is 0 Å². The lowest BCUT2D eigenvalue weighted by molar-refractivity contribution is -0.385. The molecule has 1 aromatic heterocycles. The number of nitrogens with two attached hydrogens (primary N) is 1. The van der Waals surface area contributed by atoms with E-state index in [9.17, 15) is 14.9 Å². The Hall–Kier alpha value is -2.96. The van der Waals surface area contributed by atoms with E-state index in [1.807, 2.05) is 0 Å². The zero-order valence-electron chi connectivity index (χ0n) is 9.74. The SMILES string of the molecule is Nc1ccc(C(=O)Nc2cccnc2)c([N+](=O)[O-])c1. The molecule has 0 radical (unpaired) electrons. The second kappa shape index (κ2) is 5.13. The molecule has 2 rings (SSSR count). The van der Waals surface area contributed by atoms with E-state index in [1.165, 1.54) is 18.3 Å². The Morgan fingerprint density at radius 2 is 2.16 bits per heavy atom. The molecule has 1 amide bonds. The highest BCUT2D eigenvalue weighted by atomic mass is 16.6. The van der Waals surface area contributed by atoms with E-state index in [0.717, 1.165) is 6.07 Å². The number of aromatic nitrogens is 1. The van der Waals surface area contributed by atoms with Gasteiger partial charge in [0, 0.05) is 18.0 Å². The summed E-state index contributed by atoms with van der Waals surface area (Å²) in [5.41, 5.74) is 5.77. The van der Waals surface area contributed by atoms with Gasteiger partial charge in [-0.1, -0.05) is 0 Å². The third-order valence-corrected chi connectivity index (χ3v) is 2.38. The van der Waals surface area contributed by atoms with Crippen molar-refractivity contribution in [1.82, 2.24) is 4.98 Å². The van der Waals surface area contributed by atoms with Crippen molar-refractivity contribution >= 4 is 23.0 Å².